The van der Waals surface area contributed by atoms with Gasteiger partial charge in [0.05, 0.1) is 6.54 Å². The maximum atomic E-state index is 12.0. The summed E-state index contributed by atoms with van der Waals surface area (Å²) in [7, 11) is 0. The Morgan fingerprint density at radius 3 is 2.76 bits per heavy atom. The zero-order valence-corrected chi connectivity index (χ0v) is 12.1. The largest absolute Gasteiger partial charge is 0.491 e. The van der Waals surface area contributed by atoms with Crippen molar-refractivity contribution in [3.63, 3.8) is 0 Å². The molecule has 0 aliphatic carbocycles. The Balaban J connectivity index is 1.88. The van der Waals surface area contributed by atoms with E-state index in [4.69, 9.17) is 9.84 Å². The number of aromatic carboxylic acids is 1. The second-order valence-corrected chi connectivity index (χ2v) is 5.19. The van der Waals surface area contributed by atoms with Gasteiger partial charge in [-0.1, -0.05) is 25.0 Å². The second kappa shape index (κ2) is 7.67. The van der Waals surface area contributed by atoms with Crippen LogP contribution >= 0.6 is 0 Å². The number of carboxylic acid groups (broad SMARTS) is 1. The Kier molecular flexibility index (Phi) is 5.60. The van der Waals surface area contributed by atoms with Crippen LogP contribution in [0, 0.1) is 0 Å². The van der Waals surface area contributed by atoms with Crippen LogP contribution in [0.3, 0.4) is 0 Å². The smallest absolute Gasteiger partial charge is 0.339 e. The average molecular weight is 291 g/mol. The van der Waals surface area contributed by atoms with Crippen LogP contribution in [0.5, 0.6) is 5.75 Å². The Morgan fingerprint density at radius 1 is 1.19 bits per heavy atom. The van der Waals surface area contributed by atoms with E-state index in [2.05, 4.69) is 0 Å². The highest BCUT2D eigenvalue weighted by atomic mass is 16.5. The number of hydrogen-bond donors (Lipinski definition) is 1. The van der Waals surface area contributed by atoms with Gasteiger partial charge in [-0.2, -0.15) is 0 Å². The molecule has 0 atom stereocenters. The molecule has 1 aliphatic heterocycles. The van der Waals surface area contributed by atoms with Crippen LogP contribution in [-0.4, -0.2) is 41.6 Å². The third kappa shape index (κ3) is 4.48. The van der Waals surface area contributed by atoms with E-state index in [-0.39, 0.29) is 11.5 Å². The summed E-state index contributed by atoms with van der Waals surface area (Å²) in [6.45, 7) is 1.59. The molecule has 0 unspecified atom stereocenters. The number of benzene rings is 1. The maximum Gasteiger partial charge on any atom is 0.339 e. The van der Waals surface area contributed by atoms with E-state index >= 15 is 0 Å². The number of amides is 1. The fourth-order valence-corrected chi connectivity index (χ4v) is 2.49. The number of carboxylic acids is 1. The summed E-state index contributed by atoms with van der Waals surface area (Å²) in [6, 6.07) is 6.55. The van der Waals surface area contributed by atoms with Gasteiger partial charge in [-0.05, 0) is 25.0 Å². The van der Waals surface area contributed by atoms with Crippen molar-refractivity contribution in [2.45, 2.75) is 32.1 Å². The zero-order valence-electron chi connectivity index (χ0n) is 12.1. The molecule has 1 N–H and O–H groups in total. The third-order valence-electron chi connectivity index (χ3n) is 3.66. The molecule has 1 amide bonds. The molecule has 1 fully saturated rings. The molecule has 0 saturated carbocycles. The summed E-state index contributed by atoms with van der Waals surface area (Å²) in [5.74, 6) is -0.484. The molecule has 0 spiro atoms. The van der Waals surface area contributed by atoms with Crippen molar-refractivity contribution in [3.05, 3.63) is 29.8 Å². The van der Waals surface area contributed by atoms with Gasteiger partial charge in [0.15, 0.2) is 0 Å². The Hall–Kier alpha value is -2.04. The van der Waals surface area contributed by atoms with E-state index in [0.29, 0.717) is 25.3 Å². The van der Waals surface area contributed by atoms with Crippen molar-refractivity contribution in [1.29, 1.82) is 0 Å². The van der Waals surface area contributed by atoms with E-state index < -0.39 is 5.97 Å². The first-order chi connectivity index (χ1) is 10.2. The molecule has 0 radical (unpaired) electrons. The number of ether oxygens (including phenoxy) is 1. The lowest BCUT2D eigenvalue weighted by atomic mass is 10.1. The monoisotopic (exact) mass is 291 g/mol. The predicted molar refractivity (Wildman–Crippen MR) is 78.6 cm³/mol. The van der Waals surface area contributed by atoms with Gasteiger partial charge in [-0.3, -0.25) is 4.79 Å². The van der Waals surface area contributed by atoms with Crippen LogP contribution in [0.15, 0.2) is 24.3 Å². The fraction of sp³-hybridized carbons (Fsp3) is 0.500. The number of likely N-dealkylation sites (tertiary alicyclic amines) is 1. The van der Waals surface area contributed by atoms with Crippen molar-refractivity contribution >= 4 is 11.9 Å². The highest BCUT2D eigenvalue weighted by molar-refractivity contribution is 5.90. The first-order valence-corrected chi connectivity index (χ1v) is 7.41. The van der Waals surface area contributed by atoms with E-state index in [1.54, 1.807) is 18.2 Å². The van der Waals surface area contributed by atoms with Gasteiger partial charge in [0.25, 0.3) is 0 Å². The number of nitrogens with zero attached hydrogens (tertiary/aromatic N) is 1. The molecule has 5 nitrogen and oxygen atoms in total. The summed E-state index contributed by atoms with van der Waals surface area (Å²) in [5, 5.41) is 9.08. The van der Waals surface area contributed by atoms with Crippen LogP contribution in [-0.2, 0) is 4.79 Å². The second-order valence-electron chi connectivity index (χ2n) is 5.19. The normalized spacial score (nSPS) is 16.2. The lowest BCUT2D eigenvalue weighted by Crippen LogP contribution is -2.36. The minimum Gasteiger partial charge on any atom is -0.491 e. The zero-order chi connectivity index (χ0) is 15.1. The molecule has 21 heavy (non-hydrogen) atoms. The van der Waals surface area contributed by atoms with Gasteiger partial charge in [0, 0.05) is 13.0 Å². The summed E-state index contributed by atoms with van der Waals surface area (Å²) in [5.41, 5.74) is 0.150. The maximum absolute atomic E-state index is 12.0. The Bertz CT molecular complexity index is 501. The van der Waals surface area contributed by atoms with Crippen molar-refractivity contribution in [2.24, 2.45) is 0 Å². The molecular formula is C16H21NO4. The molecule has 2 rings (SSSR count). The van der Waals surface area contributed by atoms with E-state index in [1.165, 1.54) is 6.07 Å². The number of carbonyl (C=O) groups is 2. The fourth-order valence-electron chi connectivity index (χ4n) is 2.49. The Labute approximate surface area is 124 Å². The van der Waals surface area contributed by atoms with E-state index in [1.807, 2.05) is 4.90 Å². The van der Waals surface area contributed by atoms with Crippen molar-refractivity contribution in [1.82, 2.24) is 4.90 Å². The Morgan fingerprint density at radius 2 is 1.95 bits per heavy atom. The average Bonchev–Trinajstić information content (AvgIpc) is 2.46. The molecule has 1 aromatic carbocycles. The molecule has 1 heterocycles. The standard InChI is InChI=1S/C16H21NO4/c18-15-9-3-1-2-6-10-17(15)11-12-21-14-8-5-4-7-13(14)16(19)20/h4-5,7-8H,1-3,6,9-12H2,(H,19,20). The van der Waals surface area contributed by atoms with Gasteiger partial charge < -0.3 is 14.7 Å². The quantitative estimate of drug-likeness (QED) is 0.905. The van der Waals surface area contributed by atoms with E-state index in [0.717, 1.165) is 32.2 Å². The van der Waals surface area contributed by atoms with Crippen LogP contribution in [0.25, 0.3) is 0 Å². The molecular weight excluding hydrogens is 270 g/mol. The highest BCUT2D eigenvalue weighted by Gasteiger charge is 2.16. The van der Waals surface area contributed by atoms with Gasteiger partial charge in [-0.15, -0.1) is 0 Å². The van der Waals surface area contributed by atoms with Gasteiger partial charge in [0.2, 0.25) is 5.91 Å². The lowest BCUT2D eigenvalue weighted by molar-refractivity contribution is -0.132. The molecule has 1 saturated heterocycles. The predicted octanol–water partition coefficient (Wildman–Crippen LogP) is 2.56. The summed E-state index contributed by atoms with van der Waals surface area (Å²) in [6.07, 6.45) is 4.87. The number of hydrogen-bond acceptors (Lipinski definition) is 3. The first kappa shape index (κ1) is 15.4. The van der Waals surface area contributed by atoms with Crippen molar-refractivity contribution < 1.29 is 19.4 Å². The van der Waals surface area contributed by atoms with Gasteiger partial charge >= 0.3 is 5.97 Å². The van der Waals surface area contributed by atoms with Crippen molar-refractivity contribution in [3.8, 4) is 5.75 Å². The number of rotatable bonds is 5. The topological polar surface area (TPSA) is 66.8 Å². The van der Waals surface area contributed by atoms with Gasteiger partial charge in [0.1, 0.15) is 17.9 Å². The molecule has 1 aromatic rings. The van der Waals surface area contributed by atoms with Crippen molar-refractivity contribution in [2.75, 3.05) is 19.7 Å². The minimum absolute atomic E-state index is 0.150. The highest BCUT2D eigenvalue weighted by Crippen LogP contribution is 2.18. The number of para-hydroxylation sites is 1. The molecule has 0 aromatic heterocycles. The van der Waals surface area contributed by atoms with Crippen LogP contribution in [0.1, 0.15) is 42.5 Å². The minimum atomic E-state index is -1.01. The molecule has 114 valence electrons. The molecule has 5 heteroatoms. The summed E-state index contributed by atoms with van der Waals surface area (Å²) in [4.78, 5) is 24.9. The first-order valence-electron chi connectivity index (χ1n) is 7.41. The summed E-state index contributed by atoms with van der Waals surface area (Å²) >= 11 is 0. The molecule has 1 aliphatic rings. The van der Waals surface area contributed by atoms with Gasteiger partial charge in [-0.25, -0.2) is 4.79 Å². The van der Waals surface area contributed by atoms with E-state index in [9.17, 15) is 9.59 Å². The van der Waals surface area contributed by atoms with Crippen LogP contribution < -0.4 is 4.74 Å². The van der Waals surface area contributed by atoms with Crippen LogP contribution in [0.2, 0.25) is 0 Å². The third-order valence-corrected chi connectivity index (χ3v) is 3.66. The SMILES string of the molecule is O=C(O)c1ccccc1OCCN1CCCCCCC1=O. The number of carbonyl (C=O) groups excluding carboxylic acids is 1. The molecule has 0 bridgehead atoms. The lowest BCUT2D eigenvalue weighted by Gasteiger charge is -2.24. The van der Waals surface area contributed by atoms with Crippen LogP contribution in [0.4, 0.5) is 0 Å². The summed E-state index contributed by atoms with van der Waals surface area (Å²) < 4.78 is 5.55.